The zero-order chi connectivity index (χ0) is 10.8. The van der Waals surface area contributed by atoms with Crippen molar-refractivity contribution in [1.82, 2.24) is 19.5 Å². The fourth-order valence-electron chi connectivity index (χ4n) is 2.29. The van der Waals surface area contributed by atoms with Crippen LogP contribution in [0.1, 0.15) is 30.5 Å². The number of aromatic nitrogens is 4. The molecule has 0 aliphatic heterocycles. The van der Waals surface area contributed by atoms with Gasteiger partial charge in [0.05, 0.1) is 0 Å². The van der Waals surface area contributed by atoms with Crippen LogP contribution in [0.25, 0.3) is 5.82 Å². The van der Waals surface area contributed by atoms with Crippen molar-refractivity contribution in [3.05, 3.63) is 36.3 Å². The third-order valence-electron chi connectivity index (χ3n) is 3.10. The fourth-order valence-corrected chi connectivity index (χ4v) is 2.29. The normalized spacial score (nSPS) is 15.5. The summed E-state index contributed by atoms with van der Waals surface area (Å²) in [6.07, 6.45) is 13.1. The van der Waals surface area contributed by atoms with Gasteiger partial charge in [0, 0.05) is 23.7 Å². The molecule has 4 heteroatoms. The van der Waals surface area contributed by atoms with Gasteiger partial charge >= 0.3 is 0 Å². The summed E-state index contributed by atoms with van der Waals surface area (Å²) in [7, 11) is 0. The average Bonchev–Trinajstić information content (AvgIpc) is 2.73. The Labute approximate surface area is 94.4 Å². The molecular weight excluding hydrogens is 200 g/mol. The molecule has 2 aromatic rings. The summed E-state index contributed by atoms with van der Waals surface area (Å²) in [4.78, 5) is 12.9. The summed E-state index contributed by atoms with van der Waals surface area (Å²) in [5.41, 5.74) is 2.52. The topological polar surface area (TPSA) is 43.6 Å². The van der Waals surface area contributed by atoms with Crippen LogP contribution in [0.15, 0.2) is 25.0 Å². The molecule has 16 heavy (non-hydrogen) atoms. The monoisotopic (exact) mass is 214 g/mol. The van der Waals surface area contributed by atoms with E-state index >= 15 is 0 Å². The maximum atomic E-state index is 4.40. The second kappa shape index (κ2) is 4.04. The van der Waals surface area contributed by atoms with E-state index in [1.165, 1.54) is 30.5 Å². The predicted octanol–water partition coefficient (Wildman–Crippen LogP) is 1.93. The summed E-state index contributed by atoms with van der Waals surface area (Å²) in [6.45, 7) is 0. The Balaban J connectivity index is 2.12. The van der Waals surface area contributed by atoms with E-state index in [-0.39, 0.29) is 0 Å². The third kappa shape index (κ3) is 1.60. The second-order valence-electron chi connectivity index (χ2n) is 4.15. The molecule has 0 fully saturated rings. The van der Waals surface area contributed by atoms with Crippen LogP contribution in [0, 0.1) is 0 Å². The largest absolute Gasteiger partial charge is 0.290 e. The van der Waals surface area contributed by atoms with Gasteiger partial charge in [-0.25, -0.2) is 15.0 Å². The Morgan fingerprint density at radius 1 is 1.06 bits per heavy atom. The summed E-state index contributed by atoms with van der Waals surface area (Å²) < 4.78 is 1.98. The maximum absolute atomic E-state index is 4.40. The highest BCUT2D eigenvalue weighted by atomic mass is 15.1. The van der Waals surface area contributed by atoms with Gasteiger partial charge in [0.25, 0.3) is 0 Å². The molecule has 0 atom stereocenters. The summed E-state index contributed by atoms with van der Waals surface area (Å²) in [5, 5.41) is 0. The molecule has 0 aromatic carbocycles. The number of nitrogens with zero attached hydrogens (tertiary/aromatic N) is 4. The van der Waals surface area contributed by atoms with Gasteiger partial charge in [-0.15, -0.1) is 0 Å². The molecular formula is C12H14N4. The Kier molecular flexibility index (Phi) is 2.40. The Bertz CT molecular complexity index is 476. The van der Waals surface area contributed by atoms with E-state index in [9.17, 15) is 0 Å². The van der Waals surface area contributed by atoms with E-state index in [0.717, 1.165) is 18.7 Å². The third-order valence-corrected chi connectivity index (χ3v) is 3.10. The minimum atomic E-state index is 1.00. The first-order chi connectivity index (χ1) is 7.95. The zero-order valence-electron chi connectivity index (χ0n) is 9.13. The van der Waals surface area contributed by atoms with Crippen LogP contribution in [0.3, 0.4) is 0 Å². The van der Waals surface area contributed by atoms with Crippen molar-refractivity contribution in [3.63, 3.8) is 0 Å². The van der Waals surface area contributed by atoms with Gasteiger partial charge in [0.2, 0.25) is 0 Å². The molecule has 1 aliphatic carbocycles. The van der Waals surface area contributed by atoms with Crippen LogP contribution in [0.5, 0.6) is 0 Å². The first kappa shape index (κ1) is 9.51. The first-order valence-electron chi connectivity index (χ1n) is 5.76. The van der Waals surface area contributed by atoms with E-state index in [4.69, 9.17) is 0 Å². The SMILES string of the molecule is c1cn(-c2ncnc3c2CCCCC3)cn1. The van der Waals surface area contributed by atoms with Crippen molar-refractivity contribution in [2.75, 3.05) is 0 Å². The Morgan fingerprint density at radius 2 is 2.00 bits per heavy atom. The number of aryl methyl sites for hydroxylation is 1. The molecule has 0 radical (unpaired) electrons. The molecule has 2 heterocycles. The van der Waals surface area contributed by atoms with Crippen LogP contribution in [-0.2, 0) is 12.8 Å². The van der Waals surface area contributed by atoms with E-state index in [0.29, 0.717) is 0 Å². The zero-order valence-corrected chi connectivity index (χ0v) is 9.13. The molecule has 0 saturated heterocycles. The van der Waals surface area contributed by atoms with Crippen LogP contribution in [-0.4, -0.2) is 19.5 Å². The van der Waals surface area contributed by atoms with Crippen molar-refractivity contribution in [3.8, 4) is 5.82 Å². The van der Waals surface area contributed by atoms with E-state index in [2.05, 4.69) is 15.0 Å². The molecule has 4 nitrogen and oxygen atoms in total. The highest BCUT2D eigenvalue weighted by Gasteiger charge is 2.14. The van der Waals surface area contributed by atoms with E-state index < -0.39 is 0 Å². The van der Waals surface area contributed by atoms with E-state index in [1.807, 2.05) is 10.8 Å². The van der Waals surface area contributed by atoms with Crippen molar-refractivity contribution in [1.29, 1.82) is 0 Å². The van der Waals surface area contributed by atoms with E-state index in [1.54, 1.807) is 18.9 Å². The van der Waals surface area contributed by atoms with Crippen LogP contribution in [0.2, 0.25) is 0 Å². The quantitative estimate of drug-likeness (QED) is 0.681. The maximum Gasteiger partial charge on any atom is 0.144 e. The lowest BCUT2D eigenvalue weighted by molar-refractivity contribution is 0.708. The van der Waals surface area contributed by atoms with Crippen LogP contribution >= 0.6 is 0 Å². The van der Waals surface area contributed by atoms with Crippen molar-refractivity contribution < 1.29 is 0 Å². The van der Waals surface area contributed by atoms with Gasteiger partial charge in [-0.2, -0.15) is 0 Å². The van der Waals surface area contributed by atoms with Crippen LogP contribution < -0.4 is 0 Å². The van der Waals surface area contributed by atoms with Crippen molar-refractivity contribution in [2.45, 2.75) is 32.1 Å². The molecule has 0 bridgehead atoms. The lowest BCUT2D eigenvalue weighted by Gasteiger charge is -2.10. The predicted molar refractivity (Wildman–Crippen MR) is 60.4 cm³/mol. The fraction of sp³-hybridized carbons (Fsp3) is 0.417. The molecule has 0 amide bonds. The van der Waals surface area contributed by atoms with Gasteiger partial charge in [-0.3, -0.25) is 4.57 Å². The second-order valence-corrected chi connectivity index (χ2v) is 4.15. The molecule has 3 rings (SSSR count). The molecule has 0 unspecified atom stereocenters. The van der Waals surface area contributed by atoms with Gasteiger partial charge < -0.3 is 0 Å². The minimum Gasteiger partial charge on any atom is -0.290 e. The molecule has 2 aromatic heterocycles. The first-order valence-corrected chi connectivity index (χ1v) is 5.76. The van der Waals surface area contributed by atoms with Gasteiger partial charge in [-0.05, 0) is 25.7 Å². The summed E-state index contributed by atoms with van der Waals surface area (Å²) in [6, 6.07) is 0. The van der Waals surface area contributed by atoms with Crippen molar-refractivity contribution >= 4 is 0 Å². The minimum absolute atomic E-state index is 1.00. The standard InChI is InChI=1S/C12H14N4/c1-2-4-10-11(5-3-1)14-8-15-12(10)16-7-6-13-9-16/h6-9H,1-5H2. The Hall–Kier alpha value is -1.71. The molecule has 82 valence electrons. The summed E-state index contributed by atoms with van der Waals surface area (Å²) >= 11 is 0. The van der Waals surface area contributed by atoms with Gasteiger partial charge in [-0.1, -0.05) is 6.42 Å². The molecule has 1 aliphatic rings. The molecule has 0 spiro atoms. The lowest BCUT2D eigenvalue weighted by Crippen LogP contribution is -2.05. The molecule has 0 saturated carbocycles. The highest BCUT2D eigenvalue weighted by Crippen LogP contribution is 2.22. The smallest absolute Gasteiger partial charge is 0.144 e. The highest BCUT2D eigenvalue weighted by molar-refractivity contribution is 5.37. The molecule has 0 N–H and O–H groups in total. The van der Waals surface area contributed by atoms with Crippen molar-refractivity contribution in [2.24, 2.45) is 0 Å². The number of imidazole rings is 1. The number of rotatable bonds is 1. The summed E-state index contributed by atoms with van der Waals surface area (Å²) in [5.74, 6) is 1.00. The van der Waals surface area contributed by atoms with Crippen LogP contribution in [0.4, 0.5) is 0 Å². The number of fused-ring (bicyclic) bond motifs is 1. The lowest BCUT2D eigenvalue weighted by atomic mass is 10.1. The number of hydrogen-bond acceptors (Lipinski definition) is 3. The van der Waals surface area contributed by atoms with Gasteiger partial charge in [0.1, 0.15) is 18.5 Å². The average molecular weight is 214 g/mol. The number of hydrogen-bond donors (Lipinski definition) is 0. The Morgan fingerprint density at radius 3 is 2.88 bits per heavy atom. The van der Waals surface area contributed by atoms with Gasteiger partial charge in [0.15, 0.2) is 0 Å².